The molecule has 0 unspecified atom stereocenters. The van der Waals surface area contributed by atoms with E-state index in [0.29, 0.717) is 0 Å². The third kappa shape index (κ3) is 6.39. The molecule has 1 heterocycles. The first-order valence-electron chi connectivity index (χ1n) is 10.2. The van der Waals surface area contributed by atoms with Gasteiger partial charge in [0, 0.05) is 0 Å². The van der Waals surface area contributed by atoms with E-state index in [0.717, 1.165) is 23.9 Å². The number of hydrogen-bond donors (Lipinski definition) is 0. The molecule has 0 saturated heterocycles. The summed E-state index contributed by atoms with van der Waals surface area (Å²) in [5, 5.41) is 2.54. The van der Waals surface area contributed by atoms with Crippen molar-refractivity contribution in [2.75, 3.05) is 0 Å². The van der Waals surface area contributed by atoms with Gasteiger partial charge in [-0.25, -0.2) is 16.6 Å². The molecular formula is C28H22Cl2N2Zr. The normalized spacial score (nSPS) is 11.6. The van der Waals surface area contributed by atoms with E-state index < -0.39 is 0 Å². The average molecular weight is 549 g/mol. The zero-order chi connectivity index (χ0) is 20.2. The summed E-state index contributed by atoms with van der Waals surface area (Å²) in [6.45, 7) is 0. The fourth-order valence-corrected chi connectivity index (χ4v) is 3.83. The molecule has 0 spiro atoms. The van der Waals surface area contributed by atoms with Gasteiger partial charge in [-0.15, -0.1) is 47.5 Å². The molecule has 0 fully saturated rings. The summed E-state index contributed by atoms with van der Waals surface area (Å²) in [5.74, 6) is 0. The second-order valence-corrected chi connectivity index (χ2v) is 7.42. The number of benzene rings is 3. The van der Waals surface area contributed by atoms with Gasteiger partial charge in [-0.05, 0) is 29.8 Å². The van der Waals surface area contributed by atoms with Crippen molar-refractivity contribution in [2.24, 2.45) is 0 Å². The number of halogens is 2. The van der Waals surface area contributed by atoms with E-state index in [1.807, 2.05) is 30.6 Å². The van der Waals surface area contributed by atoms with Gasteiger partial charge in [0.05, 0.1) is 17.4 Å². The number of fused-ring (bicyclic) bond motifs is 2. The molecule has 0 amide bonds. The molecule has 0 aliphatic heterocycles. The summed E-state index contributed by atoms with van der Waals surface area (Å²) < 4.78 is 2.13. The van der Waals surface area contributed by atoms with Gasteiger partial charge in [0.1, 0.15) is 0 Å². The second-order valence-electron chi connectivity index (χ2n) is 7.42. The Hall–Kier alpha value is -2.32. The molecule has 1 aromatic heterocycles. The first-order valence-corrected chi connectivity index (χ1v) is 10.2. The van der Waals surface area contributed by atoms with Crippen molar-refractivity contribution in [1.29, 1.82) is 0 Å². The molecule has 162 valence electrons. The Balaban J connectivity index is 0.000000229. The molecule has 6 rings (SSSR count). The quantitative estimate of drug-likeness (QED) is 0.306. The van der Waals surface area contributed by atoms with Crippen molar-refractivity contribution >= 4 is 21.8 Å². The van der Waals surface area contributed by atoms with Crippen LogP contribution >= 0.6 is 0 Å². The average Bonchev–Trinajstić information content (AvgIpc) is 3.54. The Bertz CT molecular complexity index is 1320. The van der Waals surface area contributed by atoms with Gasteiger partial charge in [0.25, 0.3) is 0 Å². The summed E-state index contributed by atoms with van der Waals surface area (Å²) in [6.07, 6.45) is 11.5. The summed E-state index contributed by atoms with van der Waals surface area (Å²) >= 11 is 0. The minimum atomic E-state index is 0. The van der Waals surface area contributed by atoms with Crippen LogP contribution in [0.1, 0.15) is 12.0 Å². The molecule has 1 aliphatic carbocycles. The summed E-state index contributed by atoms with van der Waals surface area (Å²) in [6, 6.07) is 31.5. The van der Waals surface area contributed by atoms with E-state index in [2.05, 4.69) is 94.5 Å². The van der Waals surface area contributed by atoms with Crippen molar-refractivity contribution in [1.82, 2.24) is 9.55 Å². The molecule has 5 aromatic rings. The molecule has 0 bridgehead atoms. The Morgan fingerprint density at radius 2 is 1.61 bits per heavy atom. The molecule has 0 radical (unpaired) electrons. The zero-order valence-corrected chi connectivity index (χ0v) is 21.9. The first-order chi connectivity index (χ1) is 14.9. The Morgan fingerprint density at radius 1 is 0.879 bits per heavy atom. The van der Waals surface area contributed by atoms with Crippen molar-refractivity contribution in [2.45, 2.75) is 12.8 Å². The Morgan fingerprint density at radius 3 is 2.36 bits per heavy atom. The van der Waals surface area contributed by atoms with Crippen LogP contribution in [-0.4, -0.2) is 9.55 Å². The number of allylic oxidation sites excluding steroid dienone is 4. The fourth-order valence-electron chi connectivity index (χ4n) is 3.83. The third-order valence-electron chi connectivity index (χ3n) is 5.34. The molecule has 0 atom stereocenters. The van der Waals surface area contributed by atoms with Crippen LogP contribution in [0.25, 0.3) is 27.5 Å². The number of para-hydroxylation sites is 2. The first kappa shape index (κ1) is 26.9. The number of aromatic nitrogens is 2. The van der Waals surface area contributed by atoms with Crippen LogP contribution in [-0.2, 0) is 32.6 Å². The van der Waals surface area contributed by atoms with Gasteiger partial charge in [0.15, 0.2) is 0 Å². The van der Waals surface area contributed by atoms with Crippen molar-refractivity contribution in [3.05, 3.63) is 127 Å². The summed E-state index contributed by atoms with van der Waals surface area (Å²) in [4.78, 5) is 4.43. The van der Waals surface area contributed by atoms with Crippen LogP contribution in [0.15, 0.2) is 115 Å². The predicted octanol–water partition coefficient (Wildman–Crippen LogP) is 0.822. The van der Waals surface area contributed by atoms with E-state index in [-0.39, 0.29) is 51.0 Å². The van der Waals surface area contributed by atoms with Crippen LogP contribution < -0.4 is 24.8 Å². The largest absolute Gasteiger partial charge is 4.00 e. The van der Waals surface area contributed by atoms with Crippen LogP contribution in [0.3, 0.4) is 0 Å². The second kappa shape index (κ2) is 12.8. The molecule has 0 N–H and O–H groups in total. The van der Waals surface area contributed by atoms with E-state index >= 15 is 0 Å². The van der Waals surface area contributed by atoms with Gasteiger partial charge < -0.3 is 29.4 Å². The summed E-state index contributed by atoms with van der Waals surface area (Å²) in [7, 11) is 0. The van der Waals surface area contributed by atoms with E-state index in [1.54, 1.807) is 0 Å². The number of rotatable bonds is 3. The molecule has 5 heteroatoms. The number of hydrogen-bond acceptors (Lipinski definition) is 1. The van der Waals surface area contributed by atoms with Gasteiger partial charge in [-0.2, -0.15) is 6.08 Å². The minimum absolute atomic E-state index is 0. The Kier molecular flexibility index (Phi) is 10.4. The monoisotopic (exact) mass is 546 g/mol. The molecular weight excluding hydrogens is 526 g/mol. The molecule has 4 aromatic carbocycles. The number of imidazole rings is 1. The molecule has 0 saturated carbocycles. The fraction of sp³-hybridized carbons (Fsp3) is 0.0714. The van der Waals surface area contributed by atoms with Crippen LogP contribution in [0.4, 0.5) is 0 Å². The minimum Gasteiger partial charge on any atom is -1.00 e. The topological polar surface area (TPSA) is 17.8 Å². The van der Waals surface area contributed by atoms with Gasteiger partial charge in [-0.1, -0.05) is 48.5 Å². The van der Waals surface area contributed by atoms with Crippen LogP contribution in [0.2, 0.25) is 0 Å². The van der Waals surface area contributed by atoms with E-state index in [4.69, 9.17) is 0 Å². The molecule has 2 nitrogen and oxygen atoms in total. The van der Waals surface area contributed by atoms with Crippen molar-refractivity contribution < 1.29 is 51.0 Å². The van der Waals surface area contributed by atoms with E-state index in [9.17, 15) is 0 Å². The maximum absolute atomic E-state index is 4.43. The van der Waals surface area contributed by atoms with Crippen LogP contribution in [0, 0.1) is 6.08 Å². The van der Waals surface area contributed by atoms with E-state index in [1.165, 1.54) is 27.6 Å². The number of nitrogens with zero attached hydrogens (tertiary/aromatic N) is 2. The van der Waals surface area contributed by atoms with Crippen molar-refractivity contribution in [3.63, 3.8) is 0 Å². The third-order valence-corrected chi connectivity index (χ3v) is 5.34. The molecule has 33 heavy (non-hydrogen) atoms. The van der Waals surface area contributed by atoms with Crippen molar-refractivity contribution in [3.8, 4) is 5.69 Å². The molecule has 1 aliphatic rings. The van der Waals surface area contributed by atoms with Gasteiger partial charge >= 0.3 is 26.2 Å². The SMILES string of the molecule is [C-]1=C(Cc2ccccc2)C=CC1.[Cl-].[Cl-].[Zr+4].c1ccc2[cH-]c(-n3cnc4ccccc43)cc2c1. The smallest absolute Gasteiger partial charge is 1.00 e. The predicted molar refractivity (Wildman–Crippen MR) is 125 cm³/mol. The zero-order valence-electron chi connectivity index (χ0n) is 18.0. The maximum Gasteiger partial charge on any atom is 4.00 e. The maximum atomic E-state index is 4.43. The Labute approximate surface area is 226 Å². The van der Waals surface area contributed by atoms with Gasteiger partial charge in [-0.3, -0.25) is 6.08 Å². The summed E-state index contributed by atoms with van der Waals surface area (Å²) in [5.41, 5.74) is 6.04. The standard InChI is InChI=1S/C16H11N2.C12H11.2ClH.Zr/c1-2-6-13-10-14(9-12(13)5-1)18-11-17-15-7-3-4-8-16(15)18;1-2-6-11(7-3-1)10-12-8-4-5-9-12;;;/h1-11H;1-4,6-8H,5,10H2;2*1H;/q2*-1;;;+4/p-2. The van der Waals surface area contributed by atoms with Gasteiger partial charge in [0.2, 0.25) is 0 Å². The van der Waals surface area contributed by atoms with Crippen LogP contribution in [0.5, 0.6) is 0 Å².